The van der Waals surface area contributed by atoms with Crippen LogP contribution in [0.5, 0.6) is 0 Å². The number of ether oxygens (including phenoxy) is 1. The predicted molar refractivity (Wildman–Crippen MR) is 65.2 cm³/mol. The Morgan fingerprint density at radius 2 is 1.88 bits per heavy atom. The van der Waals surface area contributed by atoms with Crippen molar-refractivity contribution in [1.82, 2.24) is 4.98 Å². The van der Waals surface area contributed by atoms with E-state index < -0.39 is 0 Å². The summed E-state index contributed by atoms with van der Waals surface area (Å²) < 4.78 is 4.55. The molecule has 0 atom stereocenters. The normalized spacial score (nSPS) is 10.4. The fourth-order valence-electron chi connectivity index (χ4n) is 1.14. The zero-order chi connectivity index (χ0) is 12.0. The van der Waals surface area contributed by atoms with E-state index in [1.165, 1.54) is 10.9 Å². The molecule has 3 heteroatoms. The van der Waals surface area contributed by atoms with Crippen molar-refractivity contribution in [2.45, 2.75) is 26.4 Å². The maximum absolute atomic E-state index is 9.60. The van der Waals surface area contributed by atoms with Gasteiger partial charge in [-0.1, -0.05) is 18.2 Å². The van der Waals surface area contributed by atoms with E-state index in [4.69, 9.17) is 0 Å². The smallest absolute Gasteiger partial charge is 0.293 e. The molecule has 0 bridgehead atoms. The van der Waals surface area contributed by atoms with Crippen LogP contribution in [0.15, 0.2) is 36.5 Å². The Balaban J connectivity index is 0.000000168. The van der Waals surface area contributed by atoms with Gasteiger partial charge in [-0.2, -0.15) is 0 Å². The Bertz CT molecular complexity index is 410. The Labute approximate surface area is 95.4 Å². The van der Waals surface area contributed by atoms with Crippen LogP contribution in [0.4, 0.5) is 0 Å². The Morgan fingerprint density at radius 1 is 1.19 bits per heavy atom. The highest BCUT2D eigenvalue weighted by Gasteiger charge is 2.07. The van der Waals surface area contributed by atoms with Crippen molar-refractivity contribution >= 4 is 17.4 Å². The number of nitrogens with one attached hydrogen (secondary N) is 1. The molecule has 0 amide bonds. The van der Waals surface area contributed by atoms with Gasteiger partial charge >= 0.3 is 0 Å². The zero-order valence-electron chi connectivity index (χ0n) is 9.86. The maximum atomic E-state index is 9.60. The highest BCUT2D eigenvalue weighted by molar-refractivity contribution is 5.78. The molecule has 1 aromatic heterocycles. The van der Waals surface area contributed by atoms with Crippen LogP contribution in [0.25, 0.3) is 10.9 Å². The van der Waals surface area contributed by atoms with Crippen LogP contribution in [0.1, 0.15) is 20.8 Å². The molecule has 1 heterocycles. The summed E-state index contributed by atoms with van der Waals surface area (Å²) in [6.07, 6.45) is 1.95. The summed E-state index contributed by atoms with van der Waals surface area (Å²) in [7, 11) is 0. The van der Waals surface area contributed by atoms with Crippen molar-refractivity contribution in [1.29, 1.82) is 0 Å². The summed E-state index contributed by atoms with van der Waals surface area (Å²) >= 11 is 0. The molecule has 0 spiro atoms. The summed E-state index contributed by atoms with van der Waals surface area (Å²) in [6.45, 7) is 5.92. The molecule has 2 rings (SSSR count). The van der Waals surface area contributed by atoms with Gasteiger partial charge in [-0.3, -0.25) is 4.79 Å². The van der Waals surface area contributed by atoms with Crippen molar-refractivity contribution in [2.24, 2.45) is 0 Å². The van der Waals surface area contributed by atoms with Crippen LogP contribution < -0.4 is 0 Å². The molecule has 0 aliphatic carbocycles. The molecule has 86 valence electrons. The quantitative estimate of drug-likeness (QED) is 0.749. The summed E-state index contributed by atoms with van der Waals surface area (Å²) in [6, 6.07) is 10.3. The topological polar surface area (TPSA) is 42.1 Å². The number of para-hydroxylation sites is 1. The van der Waals surface area contributed by atoms with Gasteiger partial charge in [0.15, 0.2) is 0 Å². The van der Waals surface area contributed by atoms with Gasteiger partial charge in [-0.25, -0.2) is 0 Å². The molecule has 0 unspecified atom stereocenters. The van der Waals surface area contributed by atoms with E-state index in [-0.39, 0.29) is 5.60 Å². The molecule has 0 fully saturated rings. The molecule has 16 heavy (non-hydrogen) atoms. The van der Waals surface area contributed by atoms with Gasteiger partial charge in [0.25, 0.3) is 6.47 Å². The number of benzene rings is 1. The number of fused-ring (bicyclic) bond motifs is 1. The number of hydrogen-bond donors (Lipinski definition) is 1. The molecule has 0 radical (unpaired) electrons. The number of H-pyrrole nitrogens is 1. The Morgan fingerprint density at radius 3 is 2.38 bits per heavy atom. The van der Waals surface area contributed by atoms with Gasteiger partial charge in [-0.15, -0.1) is 0 Å². The van der Waals surface area contributed by atoms with Crippen LogP contribution in [-0.2, 0) is 9.53 Å². The first-order chi connectivity index (χ1) is 7.53. The average Bonchev–Trinajstić information content (AvgIpc) is 2.64. The van der Waals surface area contributed by atoms with E-state index in [0.29, 0.717) is 6.47 Å². The van der Waals surface area contributed by atoms with Gasteiger partial charge in [0, 0.05) is 11.7 Å². The SMILES string of the molecule is CC(C)(C)OC=O.c1ccc2[nH]ccc2c1. The molecular weight excluding hydrogens is 202 g/mol. The van der Waals surface area contributed by atoms with Crippen molar-refractivity contribution in [3.8, 4) is 0 Å². The van der Waals surface area contributed by atoms with E-state index in [9.17, 15) is 4.79 Å². The highest BCUT2D eigenvalue weighted by atomic mass is 16.5. The minimum atomic E-state index is -0.318. The molecule has 0 aliphatic heterocycles. The number of rotatable bonds is 1. The largest absolute Gasteiger partial charge is 0.462 e. The number of aromatic nitrogens is 1. The molecule has 0 aliphatic rings. The van der Waals surface area contributed by atoms with Gasteiger partial charge < -0.3 is 9.72 Å². The van der Waals surface area contributed by atoms with E-state index in [1.54, 1.807) is 0 Å². The first-order valence-electron chi connectivity index (χ1n) is 5.16. The van der Waals surface area contributed by atoms with Crippen molar-refractivity contribution in [3.63, 3.8) is 0 Å². The van der Waals surface area contributed by atoms with Crippen LogP contribution in [0, 0.1) is 0 Å². The third-order valence-corrected chi connectivity index (χ3v) is 1.86. The minimum absolute atomic E-state index is 0.318. The number of carbonyl (C=O) groups excluding carboxylic acids is 1. The highest BCUT2D eigenvalue weighted by Crippen LogP contribution is 2.09. The third kappa shape index (κ3) is 4.17. The predicted octanol–water partition coefficient (Wildman–Crippen LogP) is 3.13. The second kappa shape index (κ2) is 5.35. The minimum Gasteiger partial charge on any atom is -0.462 e. The lowest BCUT2D eigenvalue weighted by molar-refractivity contribution is -0.138. The molecular formula is C13H17NO2. The first kappa shape index (κ1) is 12.3. The lowest BCUT2D eigenvalue weighted by atomic mass is 10.2. The second-order valence-corrected chi connectivity index (χ2v) is 4.39. The molecule has 2 aromatic rings. The molecule has 1 aromatic carbocycles. The number of aromatic amines is 1. The summed E-state index contributed by atoms with van der Waals surface area (Å²) in [5, 5.41) is 1.28. The lowest BCUT2D eigenvalue weighted by Crippen LogP contribution is -2.17. The van der Waals surface area contributed by atoms with Crippen LogP contribution in [0.3, 0.4) is 0 Å². The Kier molecular flexibility index (Phi) is 4.11. The lowest BCUT2D eigenvalue weighted by Gasteiger charge is -2.14. The van der Waals surface area contributed by atoms with Crippen molar-refractivity contribution in [2.75, 3.05) is 0 Å². The van der Waals surface area contributed by atoms with E-state index in [0.717, 1.165) is 0 Å². The van der Waals surface area contributed by atoms with Gasteiger partial charge in [0.05, 0.1) is 0 Å². The fourth-order valence-corrected chi connectivity index (χ4v) is 1.14. The maximum Gasteiger partial charge on any atom is 0.293 e. The van der Waals surface area contributed by atoms with Crippen molar-refractivity contribution in [3.05, 3.63) is 36.5 Å². The van der Waals surface area contributed by atoms with Gasteiger partial charge in [0.1, 0.15) is 5.60 Å². The van der Waals surface area contributed by atoms with E-state index in [1.807, 2.05) is 39.1 Å². The van der Waals surface area contributed by atoms with Gasteiger partial charge in [0.2, 0.25) is 0 Å². The third-order valence-electron chi connectivity index (χ3n) is 1.86. The molecule has 0 saturated heterocycles. The van der Waals surface area contributed by atoms with Crippen molar-refractivity contribution < 1.29 is 9.53 Å². The molecule has 1 N–H and O–H groups in total. The number of hydrogen-bond acceptors (Lipinski definition) is 2. The summed E-state index contributed by atoms with van der Waals surface area (Å²) in [5.74, 6) is 0. The van der Waals surface area contributed by atoms with E-state index in [2.05, 4.69) is 27.9 Å². The van der Waals surface area contributed by atoms with Crippen LogP contribution in [0.2, 0.25) is 0 Å². The summed E-state index contributed by atoms with van der Waals surface area (Å²) in [5.41, 5.74) is 0.888. The first-order valence-corrected chi connectivity index (χ1v) is 5.16. The Hall–Kier alpha value is -1.77. The average molecular weight is 219 g/mol. The second-order valence-electron chi connectivity index (χ2n) is 4.39. The fraction of sp³-hybridized carbons (Fsp3) is 0.308. The molecule has 0 saturated carbocycles. The summed E-state index contributed by atoms with van der Waals surface area (Å²) in [4.78, 5) is 12.7. The monoisotopic (exact) mass is 219 g/mol. The zero-order valence-corrected chi connectivity index (χ0v) is 9.86. The van der Waals surface area contributed by atoms with Gasteiger partial charge in [-0.05, 0) is 38.3 Å². The van der Waals surface area contributed by atoms with E-state index >= 15 is 0 Å². The van der Waals surface area contributed by atoms with Crippen LogP contribution >= 0.6 is 0 Å². The standard InChI is InChI=1S/C8H7N.C5H10O2/c1-2-4-8-7(3-1)5-6-9-8;1-5(2,3)7-4-6/h1-6,9H;4H,1-3H3. The molecule has 3 nitrogen and oxygen atoms in total. The number of carbonyl (C=O) groups is 1. The van der Waals surface area contributed by atoms with Crippen LogP contribution in [-0.4, -0.2) is 17.1 Å².